The molecule has 14 heteroatoms. The minimum absolute atomic E-state index is 0.0444. The number of hydrogen-bond acceptors (Lipinski definition) is 8. The first-order valence-electron chi connectivity index (χ1n) is 9.21. The molecule has 0 unspecified atom stereocenters. The highest BCUT2D eigenvalue weighted by Crippen LogP contribution is 2.21. The van der Waals surface area contributed by atoms with Crippen LogP contribution < -0.4 is 10.0 Å². The number of likely N-dealkylation sites (tertiary alicyclic amines) is 1. The molecule has 1 aromatic carbocycles. The zero-order valence-electron chi connectivity index (χ0n) is 16.4. The van der Waals surface area contributed by atoms with Gasteiger partial charge in [0.25, 0.3) is 0 Å². The third-order valence-electron chi connectivity index (χ3n) is 4.83. The molecule has 3 rings (SSSR count). The van der Waals surface area contributed by atoms with Gasteiger partial charge in [-0.2, -0.15) is 0 Å². The summed E-state index contributed by atoms with van der Waals surface area (Å²) < 4.78 is 45.7. The van der Waals surface area contributed by atoms with Gasteiger partial charge >= 0.3 is 0 Å². The van der Waals surface area contributed by atoms with Crippen LogP contribution in [0.25, 0.3) is 0 Å². The van der Waals surface area contributed by atoms with Crippen molar-refractivity contribution in [2.45, 2.75) is 31.6 Å². The molecule has 0 aliphatic carbocycles. The van der Waals surface area contributed by atoms with Gasteiger partial charge in [0, 0.05) is 25.7 Å². The smallest absolute Gasteiger partial charge is 0.219 e. The van der Waals surface area contributed by atoms with Gasteiger partial charge < -0.3 is 15.4 Å². The highest BCUT2D eigenvalue weighted by Gasteiger charge is 2.31. The summed E-state index contributed by atoms with van der Waals surface area (Å²) in [6.07, 6.45) is 0.629. The maximum atomic E-state index is 13.3. The molecule has 1 aliphatic rings. The average Bonchev–Trinajstić information content (AvgIpc) is 3.21. The Morgan fingerprint density at radius 2 is 2.10 bits per heavy atom. The van der Waals surface area contributed by atoms with Gasteiger partial charge in [-0.25, -0.2) is 22.2 Å². The predicted molar refractivity (Wildman–Crippen MR) is 109 cm³/mol. The monoisotopic (exact) mass is 474 g/mol. The number of nitrogens with zero attached hydrogens (tertiary/aromatic N) is 4. The van der Waals surface area contributed by atoms with E-state index in [1.54, 1.807) is 4.90 Å². The van der Waals surface area contributed by atoms with Crippen LogP contribution in [0, 0.1) is 5.82 Å². The second-order valence-electron chi connectivity index (χ2n) is 6.83. The molecule has 1 fully saturated rings. The van der Waals surface area contributed by atoms with Crippen LogP contribution >= 0.6 is 11.6 Å². The Labute approximate surface area is 182 Å². The van der Waals surface area contributed by atoms with E-state index in [0.717, 1.165) is 6.07 Å². The molecular weight excluding hydrogens is 455 g/mol. The minimum atomic E-state index is -3.71. The normalized spacial score (nSPS) is 15.8. The van der Waals surface area contributed by atoms with Gasteiger partial charge in [-0.1, -0.05) is 21.9 Å². The maximum absolute atomic E-state index is 13.3. The lowest BCUT2D eigenvalue weighted by Gasteiger charge is -2.30. The summed E-state index contributed by atoms with van der Waals surface area (Å²) in [5.74, 6) is -0.914. The van der Waals surface area contributed by atoms with E-state index in [-0.39, 0.29) is 34.7 Å². The Morgan fingerprint density at radius 3 is 2.71 bits per heavy atom. The molecule has 1 aromatic heterocycles. The standard InChI is InChI=1S/C17H20ClFN6O5S/c1-10(26)25-6-4-12(5-7-25)31(28,29)20-9-15-16(24-30-23-15)17(22-27)21-11-2-3-14(19)13(18)8-11/h2-3,8,12,20,27H,4-7,9H2,1H3,(H,21,22). The molecule has 2 heterocycles. The quantitative estimate of drug-likeness (QED) is 0.247. The zero-order chi connectivity index (χ0) is 22.6. The molecule has 0 bridgehead atoms. The Kier molecular flexibility index (Phi) is 7.08. The summed E-state index contributed by atoms with van der Waals surface area (Å²) >= 11 is 5.73. The summed E-state index contributed by atoms with van der Waals surface area (Å²) in [7, 11) is -3.71. The number of halogens is 2. The molecule has 1 saturated heterocycles. The number of piperidine rings is 1. The molecule has 0 radical (unpaired) electrons. The third kappa shape index (κ3) is 5.48. The molecule has 11 nitrogen and oxygen atoms in total. The first-order chi connectivity index (χ1) is 14.7. The number of amidine groups is 1. The number of anilines is 1. The van der Waals surface area contributed by atoms with Crippen molar-refractivity contribution in [2.24, 2.45) is 5.16 Å². The number of benzene rings is 1. The lowest BCUT2D eigenvalue weighted by atomic mass is 10.1. The predicted octanol–water partition coefficient (Wildman–Crippen LogP) is 1.54. The van der Waals surface area contributed by atoms with Crippen molar-refractivity contribution in [2.75, 3.05) is 18.4 Å². The highest BCUT2D eigenvalue weighted by molar-refractivity contribution is 7.90. The third-order valence-corrected chi connectivity index (χ3v) is 7.02. The number of amides is 1. The van der Waals surface area contributed by atoms with Gasteiger partial charge in [-0.3, -0.25) is 4.79 Å². The Morgan fingerprint density at radius 1 is 1.39 bits per heavy atom. The first kappa shape index (κ1) is 22.9. The summed E-state index contributed by atoms with van der Waals surface area (Å²) in [6, 6.07) is 3.74. The fourth-order valence-corrected chi connectivity index (χ4v) is 4.70. The van der Waals surface area contributed by atoms with Crippen molar-refractivity contribution in [1.29, 1.82) is 0 Å². The van der Waals surface area contributed by atoms with E-state index < -0.39 is 21.1 Å². The number of rotatable bonds is 6. The number of carbonyl (C=O) groups excluding carboxylic acids is 1. The molecule has 31 heavy (non-hydrogen) atoms. The van der Waals surface area contributed by atoms with Crippen LogP contribution in [0.1, 0.15) is 31.2 Å². The zero-order valence-corrected chi connectivity index (χ0v) is 18.0. The highest BCUT2D eigenvalue weighted by atomic mass is 35.5. The van der Waals surface area contributed by atoms with Gasteiger partial charge in [-0.05, 0) is 36.2 Å². The van der Waals surface area contributed by atoms with Crippen LogP contribution in [0.5, 0.6) is 0 Å². The second-order valence-corrected chi connectivity index (χ2v) is 9.29. The lowest BCUT2D eigenvalue weighted by Crippen LogP contribution is -2.44. The lowest BCUT2D eigenvalue weighted by molar-refractivity contribution is -0.129. The molecule has 0 spiro atoms. The number of hydrogen-bond donors (Lipinski definition) is 3. The molecule has 3 N–H and O–H groups in total. The van der Waals surface area contributed by atoms with Crippen LogP contribution in [0.3, 0.4) is 0 Å². The number of aromatic nitrogens is 2. The number of sulfonamides is 1. The molecule has 0 saturated carbocycles. The van der Waals surface area contributed by atoms with Crippen molar-refractivity contribution in [3.8, 4) is 0 Å². The van der Waals surface area contributed by atoms with Crippen molar-refractivity contribution < 1.29 is 27.4 Å². The second kappa shape index (κ2) is 9.58. The van der Waals surface area contributed by atoms with Crippen LogP contribution in [0.4, 0.5) is 10.1 Å². The average molecular weight is 475 g/mol. The summed E-state index contributed by atoms with van der Waals surface area (Å²) in [4.78, 5) is 13.0. The SMILES string of the molecule is CC(=O)N1CCC(S(=O)(=O)NCc2nonc2C(=NO)Nc2ccc(F)c(Cl)c2)CC1. The van der Waals surface area contributed by atoms with Crippen LogP contribution in [-0.4, -0.2) is 58.9 Å². The Bertz CT molecular complexity index is 1080. The number of carbonyl (C=O) groups is 1. The van der Waals surface area contributed by atoms with Gasteiger partial charge in [0.15, 0.2) is 5.69 Å². The molecule has 1 amide bonds. The summed E-state index contributed by atoms with van der Waals surface area (Å²) in [5.41, 5.74) is 0.321. The number of nitrogens with one attached hydrogen (secondary N) is 2. The maximum Gasteiger partial charge on any atom is 0.219 e. The van der Waals surface area contributed by atoms with E-state index in [0.29, 0.717) is 31.6 Å². The molecular formula is C17H20ClFN6O5S. The Hall–Kier alpha value is -2.77. The van der Waals surface area contributed by atoms with E-state index >= 15 is 0 Å². The fraction of sp³-hybridized carbons (Fsp3) is 0.412. The summed E-state index contributed by atoms with van der Waals surface area (Å²) in [6.45, 7) is 1.91. The van der Waals surface area contributed by atoms with Gasteiger partial charge in [0.05, 0.1) is 16.8 Å². The van der Waals surface area contributed by atoms with Crippen LogP contribution in [0.15, 0.2) is 28.0 Å². The summed E-state index contributed by atoms with van der Waals surface area (Å²) in [5, 5.41) is 21.6. The molecule has 2 aromatic rings. The van der Waals surface area contributed by atoms with E-state index in [4.69, 9.17) is 11.6 Å². The Balaban J connectivity index is 1.67. The minimum Gasteiger partial charge on any atom is -0.409 e. The van der Waals surface area contributed by atoms with E-state index in [2.05, 4.69) is 30.1 Å². The van der Waals surface area contributed by atoms with E-state index in [9.17, 15) is 22.8 Å². The topological polar surface area (TPSA) is 150 Å². The first-order valence-corrected chi connectivity index (χ1v) is 11.1. The fourth-order valence-electron chi connectivity index (χ4n) is 3.11. The van der Waals surface area contributed by atoms with E-state index in [1.165, 1.54) is 19.1 Å². The van der Waals surface area contributed by atoms with Crippen LogP contribution in [-0.2, 0) is 21.4 Å². The number of oxime groups is 1. The molecule has 1 aliphatic heterocycles. The van der Waals surface area contributed by atoms with Crippen LogP contribution in [0.2, 0.25) is 5.02 Å². The largest absolute Gasteiger partial charge is 0.409 e. The molecule has 168 valence electrons. The van der Waals surface area contributed by atoms with Crippen molar-refractivity contribution >= 4 is 39.1 Å². The van der Waals surface area contributed by atoms with Gasteiger partial charge in [0.2, 0.25) is 21.8 Å². The van der Waals surface area contributed by atoms with Crippen molar-refractivity contribution in [1.82, 2.24) is 19.9 Å². The molecule has 0 atom stereocenters. The van der Waals surface area contributed by atoms with Crippen molar-refractivity contribution in [3.05, 3.63) is 40.4 Å². The van der Waals surface area contributed by atoms with E-state index in [1.807, 2.05) is 0 Å². The van der Waals surface area contributed by atoms with Gasteiger partial charge in [-0.15, -0.1) is 0 Å². The van der Waals surface area contributed by atoms with Gasteiger partial charge in [0.1, 0.15) is 11.5 Å². The van der Waals surface area contributed by atoms with Crippen molar-refractivity contribution in [3.63, 3.8) is 0 Å².